The largest absolute Gasteiger partial charge is 0.497 e. The average molecular weight is 447 g/mol. The number of carbonyl (C=O) groups is 1. The zero-order valence-corrected chi connectivity index (χ0v) is 17.5. The fraction of sp³-hybridized carbons (Fsp3) is 0.316. The number of methoxy groups -OCH3 is 1. The third-order valence-corrected chi connectivity index (χ3v) is 6.58. The van der Waals surface area contributed by atoms with Crippen LogP contribution in [-0.2, 0) is 19.6 Å². The van der Waals surface area contributed by atoms with E-state index in [1.165, 1.54) is 16.4 Å². The van der Waals surface area contributed by atoms with Crippen molar-refractivity contribution in [3.8, 4) is 5.75 Å². The van der Waals surface area contributed by atoms with Gasteiger partial charge in [-0.2, -0.15) is 4.31 Å². The Morgan fingerprint density at radius 2 is 1.90 bits per heavy atom. The summed E-state index contributed by atoms with van der Waals surface area (Å²) < 4.78 is 37.4. The van der Waals surface area contributed by atoms with Gasteiger partial charge in [0, 0.05) is 18.8 Å². The van der Waals surface area contributed by atoms with Crippen molar-refractivity contribution in [3.05, 3.63) is 42.5 Å². The Morgan fingerprint density at radius 1 is 1.16 bits per heavy atom. The first-order chi connectivity index (χ1) is 15.0. The Bertz CT molecular complexity index is 1170. The maximum Gasteiger partial charge on any atom is 0.265 e. The van der Waals surface area contributed by atoms with Gasteiger partial charge >= 0.3 is 0 Å². The van der Waals surface area contributed by atoms with Gasteiger partial charge in [0.25, 0.3) is 5.91 Å². The van der Waals surface area contributed by atoms with Crippen LogP contribution in [0.1, 0.15) is 0 Å². The monoisotopic (exact) mass is 447 g/mol. The number of amides is 1. The molecule has 4 rings (SSSR count). The van der Waals surface area contributed by atoms with Crippen LogP contribution in [0.15, 0.2) is 47.4 Å². The molecule has 0 atom stereocenters. The smallest absolute Gasteiger partial charge is 0.265 e. The molecular weight excluding hydrogens is 426 g/mol. The topological polar surface area (TPSA) is 125 Å². The summed E-state index contributed by atoms with van der Waals surface area (Å²) in [5.41, 5.74) is 1.36. The molecule has 2 aromatic carbocycles. The van der Waals surface area contributed by atoms with Crippen molar-refractivity contribution in [2.75, 3.05) is 45.3 Å². The summed E-state index contributed by atoms with van der Waals surface area (Å²) >= 11 is 0. The van der Waals surface area contributed by atoms with Gasteiger partial charge in [0.1, 0.15) is 16.8 Å². The number of hydrogen-bond donors (Lipinski definition) is 1. The first-order valence-electron chi connectivity index (χ1n) is 9.48. The van der Waals surface area contributed by atoms with Crippen molar-refractivity contribution < 1.29 is 27.5 Å². The number of ether oxygens (including phenoxy) is 2. The molecule has 0 radical (unpaired) electrons. The number of hydrogen-bond acceptors (Lipinski definition) is 8. The Morgan fingerprint density at radius 3 is 2.61 bits per heavy atom. The lowest BCUT2D eigenvalue weighted by atomic mass is 10.3. The molecule has 11 nitrogen and oxygen atoms in total. The van der Waals surface area contributed by atoms with E-state index in [1.54, 1.807) is 37.4 Å². The van der Waals surface area contributed by atoms with Crippen LogP contribution in [0, 0.1) is 0 Å². The Hall–Kier alpha value is -3.22. The number of anilines is 1. The molecule has 12 heteroatoms. The molecule has 1 aliphatic rings. The van der Waals surface area contributed by atoms with Crippen molar-refractivity contribution in [2.45, 2.75) is 4.90 Å². The van der Waals surface area contributed by atoms with E-state index in [4.69, 9.17) is 14.3 Å². The molecule has 1 saturated heterocycles. The van der Waals surface area contributed by atoms with Gasteiger partial charge in [0.05, 0.1) is 25.2 Å². The molecule has 0 bridgehead atoms. The van der Waals surface area contributed by atoms with Gasteiger partial charge in [0.15, 0.2) is 6.61 Å². The molecule has 1 amide bonds. The lowest BCUT2D eigenvalue weighted by molar-refractivity contribution is -0.121. The summed E-state index contributed by atoms with van der Waals surface area (Å²) in [6, 6.07) is 11.3. The zero-order chi connectivity index (χ0) is 21.8. The predicted octanol–water partition coefficient (Wildman–Crippen LogP) is 0.528. The Balaban J connectivity index is 1.46. The van der Waals surface area contributed by atoms with Crippen LogP contribution < -0.4 is 14.9 Å². The van der Waals surface area contributed by atoms with Crippen LogP contribution in [0.3, 0.4) is 0 Å². The predicted molar refractivity (Wildman–Crippen MR) is 110 cm³/mol. The number of morpholine rings is 1. The minimum atomic E-state index is -3.69. The van der Waals surface area contributed by atoms with Gasteiger partial charge in [-0.1, -0.05) is 4.85 Å². The number of carbonyl (C=O) groups excluding carboxylic acids is 1. The average Bonchev–Trinajstić information content (AvgIpc) is 3.21. The summed E-state index contributed by atoms with van der Waals surface area (Å²) in [6.07, 6.45) is 0. The van der Waals surface area contributed by atoms with Crippen molar-refractivity contribution in [2.24, 2.45) is 0 Å². The fourth-order valence-corrected chi connectivity index (χ4v) is 4.49. The van der Waals surface area contributed by atoms with E-state index in [9.17, 15) is 13.2 Å². The molecule has 0 aliphatic carbocycles. The van der Waals surface area contributed by atoms with Crippen LogP contribution in [0.4, 0.5) is 5.69 Å². The van der Waals surface area contributed by atoms with E-state index in [1.807, 2.05) is 0 Å². The second kappa shape index (κ2) is 8.88. The second-order valence-corrected chi connectivity index (χ2v) is 8.62. The third kappa shape index (κ3) is 4.60. The fourth-order valence-electron chi connectivity index (χ4n) is 3.06. The molecule has 31 heavy (non-hydrogen) atoms. The number of fused-ring (bicyclic) bond motifs is 1. The number of rotatable bonds is 7. The van der Waals surface area contributed by atoms with Crippen LogP contribution in [0.25, 0.3) is 11.0 Å². The maximum absolute atomic E-state index is 12.9. The van der Waals surface area contributed by atoms with Gasteiger partial charge in [-0.05, 0) is 47.7 Å². The quantitative estimate of drug-likeness (QED) is 0.556. The highest BCUT2D eigenvalue weighted by Gasteiger charge is 2.27. The second-order valence-electron chi connectivity index (χ2n) is 6.68. The van der Waals surface area contributed by atoms with Crippen LogP contribution in [-0.4, -0.2) is 73.8 Å². The third-order valence-electron chi connectivity index (χ3n) is 4.69. The molecule has 1 N–H and O–H groups in total. The molecule has 2 heterocycles. The van der Waals surface area contributed by atoms with Gasteiger partial charge in [-0.3, -0.25) is 4.79 Å². The van der Waals surface area contributed by atoms with E-state index in [2.05, 4.69) is 15.6 Å². The highest BCUT2D eigenvalue weighted by Crippen LogP contribution is 2.21. The Kier molecular flexibility index (Phi) is 6.02. The molecular formula is C19H21N5O6S. The van der Waals surface area contributed by atoms with Gasteiger partial charge in [-0.15, -0.1) is 5.10 Å². The Labute approximate surface area is 178 Å². The maximum atomic E-state index is 12.9. The van der Waals surface area contributed by atoms with Crippen molar-refractivity contribution in [3.63, 3.8) is 0 Å². The van der Waals surface area contributed by atoms with Crippen molar-refractivity contribution in [1.29, 1.82) is 0 Å². The SMILES string of the molecule is COc1ccc(NC(=O)COn2nnc3ccc(S(=O)(=O)N4CCOCC4)cc32)cc1. The highest BCUT2D eigenvalue weighted by molar-refractivity contribution is 7.89. The van der Waals surface area contributed by atoms with Crippen LogP contribution >= 0.6 is 0 Å². The van der Waals surface area contributed by atoms with Gasteiger partial charge < -0.3 is 19.6 Å². The molecule has 1 aliphatic heterocycles. The summed E-state index contributed by atoms with van der Waals surface area (Å²) in [5.74, 6) is 0.261. The lowest BCUT2D eigenvalue weighted by Crippen LogP contribution is -2.40. The number of nitrogens with one attached hydrogen (secondary N) is 1. The number of sulfonamides is 1. The van der Waals surface area contributed by atoms with Crippen LogP contribution in [0.2, 0.25) is 0 Å². The van der Waals surface area contributed by atoms with E-state index in [-0.39, 0.29) is 11.5 Å². The van der Waals surface area contributed by atoms with Gasteiger partial charge in [-0.25, -0.2) is 8.42 Å². The minimum Gasteiger partial charge on any atom is -0.497 e. The molecule has 1 fully saturated rings. The summed E-state index contributed by atoms with van der Waals surface area (Å²) in [4.78, 5) is 18.8. The van der Waals surface area contributed by atoms with E-state index in [0.717, 1.165) is 4.85 Å². The van der Waals surface area contributed by atoms with Crippen molar-refractivity contribution >= 4 is 32.7 Å². The van der Waals surface area contributed by atoms with Gasteiger partial charge in [0.2, 0.25) is 10.0 Å². The molecule has 164 valence electrons. The minimum absolute atomic E-state index is 0.0942. The standard InChI is InChI=1S/C19H21N5O6S/c1-28-15-4-2-14(3-5-15)20-19(25)13-30-24-18-12-16(6-7-17(18)21-22-24)31(26,27)23-8-10-29-11-9-23/h2-7,12H,8-11,13H2,1H3,(H,20,25). The number of benzene rings is 2. The molecule has 1 aromatic heterocycles. The highest BCUT2D eigenvalue weighted by atomic mass is 32.2. The normalized spacial score (nSPS) is 15.0. The summed E-state index contributed by atoms with van der Waals surface area (Å²) in [7, 11) is -2.13. The summed E-state index contributed by atoms with van der Waals surface area (Å²) in [6.45, 7) is 0.950. The van der Waals surface area contributed by atoms with Crippen molar-refractivity contribution in [1.82, 2.24) is 19.5 Å². The first-order valence-corrected chi connectivity index (χ1v) is 10.9. The molecule has 0 unspecified atom stereocenters. The molecule has 0 spiro atoms. The summed E-state index contributed by atoms with van der Waals surface area (Å²) in [5, 5.41) is 10.5. The van der Waals surface area contributed by atoms with E-state index < -0.39 is 15.9 Å². The first kappa shape index (κ1) is 21.0. The molecule has 0 saturated carbocycles. The number of aromatic nitrogens is 3. The zero-order valence-electron chi connectivity index (χ0n) is 16.7. The van der Waals surface area contributed by atoms with E-state index in [0.29, 0.717) is 48.8 Å². The molecule has 3 aromatic rings. The van der Waals surface area contributed by atoms with E-state index >= 15 is 0 Å². The number of nitrogens with zero attached hydrogens (tertiary/aromatic N) is 4. The lowest BCUT2D eigenvalue weighted by Gasteiger charge is -2.26. The van der Waals surface area contributed by atoms with Crippen LogP contribution in [0.5, 0.6) is 5.75 Å².